The van der Waals surface area contributed by atoms with Gasteiger partial charge in [0.05, 0.1) is 35.7 Å². The van der Waals surface area contributed by atoms with Crippen LogP contribution in [0.5, 0.6) is 0 Å². The molecule has 8 aromatic carbocycles. The van der Waals surface area contributed by atoms with E-state index in [0.29, 0.717) is 16.4 Å². The molecule has 1 aromatic heterocycles. The number of anilines is 3. The van der Waals surface area contributed by atoms with Crippen LogP contribution in [0.25, 0.3) is 66.1 Å². The summed E-state index contributed by atoms with van der Waals surface area (Å²) >= 11 is 0. The zero-order valence-electron chi connectivity index (χ0n) is 42.9. The van der Waals surface area contributed by atoms with Gasteiger partial charge in [0.15, 0.2) is 0 Å². The molecule has 0 fully saturated rings. The first-order chi connectivity index (χ1) is 31.3. The van der Waals surface area contributed by atoms with E-state index in [9.17, 15) is 8.22 Å². The maximum atomic E-state index is 9.77. The van der Waals surface area contributed by atoms with Gasteiger partial charge in [0.1, 0.15) is 11.2 Å². The molecule has 0 saturated carbocycles. The van der Waals surface area contributed by atoms with E-state index >= 15 is 0 Å². The second-order valence-corrected chi connectivity index (χ2v) is 10.7. The molecule has 0 aliphatic rings. The highest BCUT2D eigenvalue weighted by atomic mass is 16.3. The van der Waals surface area contributed by atoms with E-state index < -0.39 is 142 Å². The lowest BCUT2D eigenvalue weighted by Crippen LogP contribution is -2.10. The van der Waals surface area contributed by atoms with E-state index in [2.05, 4.69) is 0 Å². The van der Waals surface area contributed by atoms with Crippen LogP contribution >= 0.6 is 0 Å². The van der Waals surface area contributed by atoms with E-state index in [1.807, 2.05) is 60.7 Å². The average Bonchev–Trinajstić information content (AvgIpc) is 3.71. The lowest BCUT2D eigenvalue weighted by atomic mass is 9.95. The predicted molar refractivity (Wildman–Crippen MR) is 202 cm³/mol. The molecule has 0 unspecified atom stereocenters. The van der Waals surface area contributed by atoms with Crippen molar-refractivity contribution in [1.82, 2.24) is 0 Å². The summed E-state index contributed by atoms with van der Waals surface area (Å²) in [6.07, 6.45) is 0. The zero-order valence-corrected chi connectivity index (χ0v) is 24.9. The van der Waals surface area contributed by atoms with Gasteiger partial charge in [0.25, 0.3) is 0 Å². The van der Waals surface area contributed by atoms with Gasteiger partial charge in [0.2, 0.25) is 0 Å². The normalized spacial score (nSPS) is 16.6. The quantitative estimate of drug-likeness (QED) is 0.182. The van der Waals surface area contributed by atoms with Crippen molar-refractivity contribution in [2.24, 2.45) is 0 Å². The van der Waals surface area contributed by atoms with Crippen LogP contribution in [-0.2, 0) is 0 Å². The molecule has 9 aromatic rings. The number of furan rings is 1. The molecule has 0 amide bonds. The van der Waals surface area contributed by atoms with Crippen molar-refractivity contribution >= 4 is 49.8 Å². The maximum Gasteiger partial charge on any atom is 0.143 e. The van der Waals surface area contributed by atoms with Crippen molar-refractivity contribution in [1.29, 1.82) is 0 Å². The van der Waals surface area contributed by atoms with Crippen LogP contribution in [0, 0.1) is 0 Å². The van der Waals surface area contributed by atoms with Crippen LogP contribution in [-0.4, -0.2) is 0 Å². The van der Waals surface area contributed by atoms with Crippen LogP contribution in [0.1, 0.15) is 24.7 Å². The van der Waals surface area contributed by atoms with Gasteiger partial charge in [-0.1, -0.05) is 145 Å². The summed E-state index contributed by atoms with van der Waals surface area (Å²) in [5.74, 6) is 0. The molecule has 0 aliphatic heterocycles. The molecule has 9 rings (SSSR count). The summed E-state index contributed by atoms with van der Waals surface area (Å²) in [7, 11) is 0. The second-order valence-electron chi connectivity index (χ2n) is 10.7. The van der Waals surface area contributed by atoms with Crippen molar-refractivity contribution in [3.05, 3.63) is 188 Å². The highest BCUT2D eigenvalue weighted by Crippen LogP contribution is 2.46. The number of fused-ring (bicyclic) bond motifs is 5. The lowest BCUT2D eigenvalue weighted by Gasteiger charge is -2.27. The number of hydrogen-bond donors (Lipinski definition) is 0. The van der Waals surface area contributed by atoms with Crippen LogP contribution in [0.2, 0.25) is 0 Å². The van der Waals surface area contributed by atoms with Crippen molar-refractivity contribution in [2.45, 2.75) is 0 Å². The number of benzene rings is 8. The largest absolute Gasteiger partial charge is 0.455 e. The molecule has 0 spiro atoms. The second kappa shape index (κ2) is 11.8. The maximum absolute atomic E-state index is 9.77. The van der Waals surface area contributed by atoms with E-state index in [1.54, 1.807) is 6.07 Å². The molecule has 0 aliphatic carbocycles. The Kier molecular flexibility index (Phi) is 3.68. The third-order valence-corrected chi connectivity index (χ3v) is 7.98. The van der Waals surface area contributed by atoms with Crippen LogP contribution in [0.15, 0.2) is 192 Å². The van der Waals surface area contributed by atoms with Gasteiger partial charge >= 0.3 is 0 Å². The van der Waals surface area contributed by atoms with Gasteiger partial charge in [-0.15, -0.1) is 0 Å². The summed E-state index contributed by atoms with van der Waals surface area (Å²) in [5.41, 5.74) is -1.63. The summed E-state index contributed by atoms with van der Waals surface area (Å²) in [6.45, 7) is 0. The van der Waals surface area contributed by atoms with E-state index in [0.717, 1.165) is 21.4 Å². The van der Waals surface area contributed by atoms with Gasteiger partial charge in [-0.3, -0.25) is 0 Å². The molecular weight excluding hydrogens is 583 g/mol. The van der Waals surface area contributed by atoms with E-state index in [4.69, 9.17) is 20.9 Å². The molecule has 2 nitrogen and oxygen atoms in total. The monoisotopic (exact) mass is 631 g/mol. The summed E-state index contributed by atoms with van der Waals surface area (Å²) in [6, 6.07) is 8.68. The van der Waals surface area contributed by atoms with Gasteiger partial charge in [-0.2, -0.15) is 0 Å². The average molecular weight is 632 g/mol. The van der Waals surface area contributed by atoms with Crippen LogP contribution < -0.4 is 4.90 Å². The molecular formula is C46H31NO. The van der Waals surface area contributed by atoms with Gasteiger partial charge < -0.3 is 9.32 Å². The summed E-state index contributed by atoms with van der Waals surface area (Å²) in [5, 5.41) is 2.24. The lowest BCUT2D eigenvalue weighted by molar-refractivity contribution is 0.672. The fourth-order valence-electron chi connectivity index (χ4n) is 5.89. The molecule has 0 saturated heterocycles. The Morgan fingerprint density at radius 1 is 0.458 bits per heavy atom. The predicted octanol–water partition coefficient (Wildman–Crippen LogP) is 13.2. The standard InChI is InChI=1S/C46H31NO/c1-4-14-32(15-5-1)34-26-28-37(29-27-34)47(38-21-12-20-36(30-38)33-16-6-2-7-17-33)43-24-13-25-44-45(43)42-31-41(35-18-8-3-9-19-35)39-22-10-11-23-40(39)46(42)48-44/h1-31H/i1D,2D,4D,5D,6D,7D,12D,14D,15D,16D,17D,20D,21D,26D,27D,28D,29D,30D. The Hall–Kier alpha value is -6.38. The number of rotatable bonds is 6. The Morgan fingerprint density at radius 2 is 1.10 bits per heavy atom. The van der Waals surface area contributed by atoms with Crippen molar-refractivity contribution in [3.8, 4) is 33.4 Å². The molecule has 0 atom stereocenters. The van der Waals surface area contributed by atoms with Crippen molar-refractivity contribution < 1.29 is 29.1 Å². The first-order valence-corrected chi connectivity index (χ1v) is 14.9. The molecule has 48 heavy (non-hydrogen) atoms. The van der Waals surface area contributed by atoms with Gasteiger partial charge in [0, 0.05) is 22.1 Å². The summed E-state index contributed by atoms with van der Waals surface area (Å²) in [4.78, 5) is 1.02. The highest BCUT2D eigenvalue weighted by molar-refractivity contribution is 6.22. The van der Waals surface area contributed by atoms with Crippen LogP contribution in [0.3, 0.4) is 0 Å². The molecule has 226 valence electrons. The summed E-state index contributed by atoms with van der Waals surface area (Å²) < 4.78 is 166. The fraction of sp³-hybridized carbons (Fsp3) is 0. The van der Waals surface area contributed by atoms with Crippen molar-refractivity contribution in [2.75, 3.05) is 4.90 Å². The first kappa shape index (κ1) is 15.0. The molecule has 0 radical (unpaired) electrons. The third-order valence-electron chi connectivity index (χ3n) is 7.98. The van der Waals surface area contributed by atoms with E-state index in [1.165, 1.54) is 12.1 Å². The zero-order chi connectivity index (χ0) is 47.5. The number of nitrogens with zero attached hydrogens (tertiary/aromatic N) is 1. The van der Waals surface area contributed by atoms with Gasteiger partial charge in [-0.25, -0.2) is 0 Å². The minimum Gasteiger partial charge on any atom is -0.455 e. The van der Waals surface area contributed by atoms with Crippen molar-refractivity contribution in [3.63, 3.8) is 0 Å². The topological polar surface area (TPSA) is 16.4 Å². The Labute approximate surface area is 305 Å². The Balaban J connectivity index is 1.48. The minimum atomic E-state index is -0.875. The number of hydrogen-bond acceptors (Lipinski definition) is 2. The van der Waals surface area contributed by atoms with Gasteiger partial charge in [-0.05, 0) is 81.1 Å². The smallest absolute Gasteiger partial charge is 0.143 e. The molecule has 0 bridgehead atoms. The minimum absolute atomic E-state index is 0.0250. The Morgan fingerprint density at radius 3 is 1.85 bits per heavy atom. The molecule has 0 N–H and O–H groups in total. The first-order valence-electron chi connectivity index (χ1n) is 23.9. The SMILES string of the molecule is [2H]c1c([2H])c([2H])c(-c2c([2H])c([2H])c(N(c3c([2H])c([2H])c([2H])c(-c4c([2H])c([2H])c([2H])c([2H])c4[2H])c3[2H])c3cccc4oc5c6ccccc6c(-c6ccccc6)cc5c34)c([2H])c2[2H])c([2H])c1[2H]. The molecule has 2 heteroatoms. The highest BCUT2D eigenvalue weighted by Gasteiger charge is 2.22. The van der Waals surface area contributed by atoms with Crippen LogP contribution in [0.4, 0.5) is 17.1 Å². The Bertz CT molecular complexity index is 3500. The van der Waals surface area contributed by atoms with E-state index in [-0.39, 0.29) is 16.7 Å². The molecule has 1 heterocycles. The fourth-order valence-corrected chi connectivity index (χ4v) is 5.89. The third kappa shape index (κ3) is 4.83.